The van der Waals surface area contributed by atoms with Crippen molar-refractivity contribution in [3.05, 3.63) is 97.6 Å². The van der Waals surface area contributed by atoms with Crippen molar-refractivity contribution < 1.29 is 4.48 Å². The Morgan fingerprint density at radius 2 is 0.711 bits per heavy atom. The fourth-order valence-corrected chi connectivity index (χ4v) is 7.13. The maximum atomic E-state index is 6.25. The van der Waals surface area contributed by atoms with E-state index in [0.717, 1.165) is 0 Å². The van der Waals surface area contributed by atoms with E-state index in [0.29, 0.717) is 0 Å². The largest absolute Gasteiger partial charge is 0.512 e. The Morgan fingerprint density at radius 1 is 0.474 bits per heavy atom. The van der Waals surface area contributed by atoms with Crippen LogP contribution in [0.15, 0.2) is 91.0 Å². The summed E-state index contributed by atoms with van der Waals surface area (Å²) in [4.78, 5) is 0. The molecule has 0 saturated heterocycles. The first-order chi connectivity index (χ1) is 18.7. The summed E-state index contributed by atoms with van der Waals surface area (Å²) in [7, 11) is -0.446. The summed E-state index contributed by atoms with van der Waals surface area (Å²) in [6.45, 7) is 19.8. The highest BCUT2D eigenvalue weighted by molar-refractivity contribution is 7.79. The molecule has 0 aromatic heterocycles. The molecule has 3 rings (SSSR count). The van der Waals surface area contributed by atoms with Crippen LogP contribution < -0.4 is 15.9 Å². The van der Waals surface area contributed by atoms with Gasteiger partial charge in [0.2, 0.25) is 0 Å². The van der Waals surface area contributed by atoms with Gasteiger partial charge in [0.25, 0.3) is 0 Å². The van der Waals surface area contributed by atoms with Crippen LogP contribution in [0.2, 0.25) is 0 Å². The van der Waals surface area contributed by atoms with E-state index in [4.69, 9.17) is 11.8 Å². The zero-order chi connectivity index (χ0) is 27.9. The summed E-state index contributed by atoms with van der Waals surface area (Å²) in [5, 5.41) is 10.4. The van der Waals surface area contributed by atoms with Gasteiger partial charge in [-0.15, -0.1) is 0 Å². The maximum Gasteiger partial charge on any atom is 0.0786 e. The second-order valence-corrected chi connectivity index (χ2v) is 12.2. The van der Waals surface area contributed by atoms with Crippen molar-refractivity contribution in [1.29, 1.82) is 5.26 Å². The minimum atomic E-state index is -0.446. The highest BCUT2D eigenvalue weighted by atomic mass is 31.1. The summed E-state index contributed by atoms with van der Waals surface area (Å²) < 4.78 is 1.42. The van der Waals surface area contributed by atoms with Crippen molar-refractivity contribution in [1.82, 2.24) is 0 Å². The summed E-state index contributed by atoms with van der Waals surface area (Å²) in [5.74, 6) is 0. The lowest BCUT2D eigenvalue weighted by atomic mass is 10.1. The molecule has 0 spiro atoms. The van der Waals surface area contributed by atoms with Gasteiger partial charge in [-0.1, -0.05) is 144 Å². The predicted octanol–water partition coefficient (Wildman–Crippen LogP) is 8.54. The van der Waals surface area contributed by atoms with E-state index in [1.165, 1.54) is 97.9 Å². The molecule has 2 nitrogen and oxygen atoms in total. The zero-order valence-electron chi connectivity index (χ0n) is 24.5. The number of hydrogen-bond acceptors (Lipinski definition) is 1. The van der Waals surface area contributed by atoms with E-state index in [1.54, 1.807) is 0 Å². The molecule has 0 aliphatic rings. The number of benzene rings is 3. The molecular formula is C35H51N2P. The SMILES string of the molecule is CCCC[N+](CCCC)(CCCC)CCCC.[C-]#N.c1ccc(P(c2ccccc2)c2ccccc2)cc1. The normalized spacial score (nSPS) is 10.7. The third-order valence-electron chi connectivity index (χ3n) is 6.99. The van der Waals surface area contributed by atoms with Crippen LogP contribution in [0.3, 0.4) is 0 Å². The maximum absolute atomic E-state index is 6.25. The van der Waals surface area contributed by atoms with Gasteiger partial charge in [-0.05, 0) is 49.5 Å². The molecule has 0 fully saturated rings. The summed E-state index contributed by atoms with van der Waals surface area (Å²) in [6, 6.07) is 32.3. The quantitative estimate of drug-likeness (QED) is 0.110. The Hall–Kier alpha value is -2.46. The monoisotopic (exact) mass is 530 g/mol. The van der Waals surface area contributed by atoms with E-state index in [2.05, 4.69) is 119 Å². The Morgan fingerprint density at radius 3 is 0.921 bits per heavy atom. The van der Waals surface area contributed by atoms with Crippen molar-refractivity contribution in [2.75, 3.05) is 26.2 Å². The van der Waals surface area contributed by atoms with Crippen molar-refractivity contribution in [3.8, 4) is 0 Å². The molecule has 0 atom stereocenters. The first-order valence-corrected chi connectivity index (χ1v) is 16.1. The van der Waals surface area contributed by atoms with Gasteiger partial charge < -0.3 is 16.3 Å². The molecule has 0 unspecified atom stereocenters. The predicted molar refractivity (Wildman–Crippen MR) is 169 cm³/mol. The van der Waals surface area contributed by atoms with Gasteiger partial charge in [-0.3, -0.25) is 0 Å². The fourth-order valence-electron chi connectivity index (χ4n) is 4.82. The smallest absolute Gasteiger partial charge is 0.0786 e. The van der Waals surface area contributed by atoms with Gasteiger partial charge in [0.05, 0.1) is 26.2 Å². The lowest BCUT2D eigenvalue weighted by molar-refractivity contribution is -0.929. The molecule has 0 saturated carbocycles. The lowest BCUT2D eigenvalue weighted by Crippen LogP contribution is -2.50. The average Bonchev–Trinajstić information content (AvgIpc) is 2.99. The Kier molecular flexibility index (Phi) is 19.0. The molecule has 0 bridgehead atoms. The van der Waals surface area contributed by atoms with Crippen LogP contribution in [0, 0.1) is 11.8 Å². The third-order valence-corrected chi connectivity index (χ3v) is 9.43. The van der Waals surface area contributed by atoms with Crippen LogP contribution in [0.4, 0.5) is 0 Å². The van der Waals surface area contributed by atoms with Crippen molar-refractivity contribution in [2.45, 2.75) is 79.1 Å². The third kappa shape index (κ3) is 12.4. The van der Waals surface area contributed by atoms with Gasteiger partial charge in [0.1, 0.15) is 0 Å². The van der Waals surface area contributed by atoms with Gasteiger partial charge in [0.15, 0.2) is 0 Å². The van der Waals surface area contributed by atoms with E-state index in [-0.39, 0.29) is 0 Å². The highest BCUT2D eigenvalue weighted by Gasteiger charge is 2.24. The highest BCUT2D eigenvalue weighted by Crippen LogP contribution is 2.32. The fraction of sp³-hybridized carbons (Fsp3) is 0.457. The van der Waals surface area contributed by atoms with Crippen molar-refractivity contribution in [2.24, 2.45) is 0 Å². The summed E-state index contributed by atoms with van der Waals surface area (Å²) in [6.07, 6.45) is 11.1. The average molecular weight is 531 g/mol. The standard InChI is InChI=1S/C18H15P.C16H36N.CN/c1-4-10-16(11-5-1)19(17-12-6-2-7-13-17)18-14-8-3-9-15-18;1-5-9-13-17(14-10-6-2,15-11-7-3)16-12-8-4;1-2/h1-15H;5-16H2,1-4H3;/q;+1;-1. The molecule has 3 aromatic rings. The van der Waals surface area contributed by atoms with Gasteiger partial charge in [-0.25, -0.2) is 0 Å². The molecular weight excluding hydrogens is 479 g/mol. The minimum Gasteiger partial charge on any atom is -0.512 e. The van der Waals surface area contributed by atoms with Crippen LogP contribution in [0.1, 0.15) is 79.1 Å². The van der Waals surface area contributed by atoms with Gasteiger partial charge >= 0.3 is 0 Å². The molecule has 0 amide bonds. The minimum absolute atomic E-state index is 0.446. The summed E-state index contributed by atoms with van der Waals surface area (Å²) >= 11 is 0. The van der Waals surface area contributed by atoms with Crippen LogP contribution in [-0.2, 0) is 0 Å². The lowest BCUT2D eigenvalue weighted by Gasteiger charge is -2.39. The topological polar surface area (TPSA) is 23.8 Å². The summed E-state index contributed by atoms with van der Waals surface area (Å²) in [5.41, 5.74) is 0. The Balaban J connectivity index is 0.000000360. The molecule has 3 aromatic carbocycles. The molecule has 0 aliphatic heterocycles. The second-order valence-electron chi connectivity index (χ2n) is 9.99. The van der Waals surface area contributed by atoms with E-state index in [9.17, 15) is 0 Å². The Bertz CT molecular complexity index is 809. The van der Waals surface area contributed by atoms with Gasteiger partial charge in [0, 0.05) is 0 Å². The molecule has 0 heterocycles. The molecule has 0 N–H and O–H groups in total. The molecule has 38 heavy (non-hydrogen) atoms. The molecule has 0 radical (unpaired) electrons. The number of unbranched alkanes of at least 4 members (excludes halogenated alkanes) is 4. The zero-order valence-corrected chi connectivity index (χ0v) is 25.4. The second kappa shape index (κ2) is 21.5. The number of hydrogen-bond donors (Lipinski definition) is 0. The van der Waals surface area contributed by atoms with Crippen LogP contribution in [0.25, 0.3) is 0 Å². The van der Waals surface area contributed by atoms with Gasteiger partial charge in [-0.2, -0.15) is 0 Å². The van der Waals surface area contributed by atoms with E-state index < -0.39 is 7.92 Å². The first kappa shape index (κ1) is 33.6. The molecule has 3 heteroatoms. The first-order valence-electron chi connectivity index (χ1n) is 14.7. The van der Waals surface area contributed by atoms with Crippen LogP contribution >= 0.6 is 7.92 Å². The Labute approximate surface area is 236 Å². The number of rotatable bonds is 15. The number of quaternary nitrogens is 1. The van der Waals surface area contributed by atoms with Crippen LogP contribution in [-0.4, -0.2) is 30.7 Å². The van der Waals surface area contributed by atoms with E-state index >= 15 is 0 Å². The molecule has 0 aliphatic carbocycles. The van der Waals surface area contributed by atoms with Crippen molar-refractivity contribution >= 4 is 23.8 Å². The van der Waals surface area contributed by atoms with Crippen molar-refractivity contribution in [3.63, 3.8) is 0 Å². The van der Waals surface area contributed by atoms with Crippen LogP contribution in [0.5, 0.6) is 0 Å². The number of nitrogens with zero attached hydrogens (tertiary/aromatic N) is 2. The molecule has 206 valence electrons. The van der Waals surface area contributed by atoms with E-state index in [1.807, 2.05) is 0 Å².